The summed E-state index contributed by atoms with van der Waals surface area (Å²) >= 11 is 0. The highest BCUT2D eigenvalue weighted by molar-refractivity contribution is 5.98. The van der Waals surface area contributed by atoms with Crippen LogP contribution in [0.1, 0.15) is 35.3 Å². The summed E-state index contributed by atoms with van der Waals surface area (Å²) in [5, 5.41) is 11.0. The molecule has 2 atom stereocenters. The molecule has 0 bridgehead atoms. The molecular formula is C16H20N2O2. The third-order valence-electron chi connectivity index (χ3n) is 4.27. The average Bonchev–Trinajstić information content (AvgIpc) is 3.02. The number of amides is 1. The van der Waals surface area contributed by atoms with Crippen LogP contribution in [0, 0.1) is 6.92 Å². The van der Waals surface area contributed by atoms with Crippen molar-refractivity contribution < 1.29 is 9.90 Å². The Morgan fingerprint density at radius 3 is 2.85 bits per heavy atom. The zero-order valence-electron chi connectivity index (χ0n) is 11.9. The van der Waals surface area contributed by atoms with Crippen LogP contribution in [0.2, 0.25) is 0 Å². The Morgan fingerprint density at radius 2 is 2.15 bits per heavy atom. The van der Waals surface area contributed by atoms with E-state index in [1.807, 2.05) is 31.2 Å². The van der Waals surface area contributed by atoms with E-state index in [2.05, 4.69) is 4.98 Å². The minimum Gasteiger partial charge on any atom is -0.391 e. The fraction of sp³-hybridized carbons (Fsp3) is 0.438. The third-order valence-corrected chi connectivity index (χ3v) is 4.27. The van der Waals surface area contributed by atoms with Gasteiger partial charge in [-0.15, -0.1) is 0 Å². The van der Waals surface area contributed by atoms with Crippen molar-refractivity contribution in [1.82, 2.24) is 9.88 Å². The number of fused-ring (bicyclic) bond motifs is 1. The molecule has 2 N–H and O–H groups in total. The number of carbonyl (C=O) groups is 1. The summed E-state index contributed by atoms with van der Waals surface area (Å²) in [6.45, 7) is 2.03. The fourth-order valence-corrected chi connectivity index (χ4v) is 3.07. The lowest BCUT2D eigenvalue weighted by molar-refractivity contribution is 0.0534. The van der Waals surface area contributed by atoms with Gasteiger partial charge in [-0.25, -0.2) is 0 Å². The summed E-state index contributed by atoms with van der Waals surface area (Å²) < 4.78 is 0. The second-order valence-corrected chi connectivity index (χ2v) is 5.76. The topological polar surface area (TPSA) is 56.3 Å². The van der Waals surface area contributed by atoms with E-state index in [9.17, 15) is 9.90 Å². The SMILES string of the molecule is Cc1ccc2cc(C(=O)N(C)[C@@H]3CCC[C@H]3O)[nH]c2c1. The van der Waals surface area contributed by atoms with Crippen molar-refractivity contribution in [2.45, 2.75) is 38.3 Å². The molecular weight excluding hydrogens is 252 g/mol. The van der Waals surface area contributed by atoms with E-state index in [1.54, 1.807) is 11.9 Å². The van der Waals surface area contributed by atoms with Crippen LogP contribution in [-0.2, 0) is 0 Å². The largest absolute Gasteiger partial charge is 0.391 e. The Balaban J connectivity index is 1.88. The van der Waals surface area contributed by atoms with Gasteiger partial charge in [-0.3, -0.25) is 4.79 Å². The Morgan fingerprint density at radius 1 is 1.35 bits per heavy atom. The van der Waals surface area contributed by atoms with Gasteiger partial charge in [0.25, 0.3) is 5.91 Å². The molecule has 0 unspecified atom stereocenters. The van der Waals surface area contributed by atoms with Crippen molar-refractivity contribution in [1.29, 1.82) is 0 Å². The van der Waals surface area contributed by atoms with Gasteiger partial charge in [0.2, 0.25) is 0 Å². The Hall–Kier alpha value is -1.81. The van der Waals surface area contributed by atoms with Gasteiger partial charge in [-0.2, -0.15) is 0 Å². The smallest absolute Gasteiger partial charge is 0.270 e. The zero-order valence-corrected chi connectivity index (χ0v) is 11.9. The Labute approximate surface area is 118 Å². The molecule has 1 heterocycles. The van der Waals surface area contributed by atoms with Gasteiger partial charge in [0.15, 0.2) is 0 Å². The fourth-order valence-electron chi connectivity index (χ4n) is 3.07. The van der Waals surface area contributed by atoms with Gasteiger partial charge in [0, 0.05) is 18.0 Å². The lowest BCUT2D eigenvalue weighted by atomic mass is 10.1. The number of carbonyl (C=O) groups excluding carboxylic acids is 1. The standard InChI is InChI=1S/C16H20N2O2/c1-10-6-7-11-9-13(17-12(11)8-10)16(20)18(2)14-4-3-5-15(14)19/h6-9,14-15,17,19H,3-5H2,1-2H3/t14-,15-/m1/s1. The van der Waals surface area contributed by atoms with Gasteiger partial charge < -0.3 is 15.0 Å². The molecule has 1 saturated carbocycles. The highest BCUT2D eigenvalue weighted by Gasteiger charge is 2.32. The van der Waals surface area contributed by atoms with Crippen molar-refractivity contribution >= 4 is 16.8 Å². The van der Waals surface area contributed by atoms with Crippen LogP contribution in [-0.4, -0.2) is 40.1 Å². The summed E-state index contributed by atoms with van der Waals surface area (Å²) in [5.74, 6) is -0.0511. The predicted octanol–water partition coefficient (Wildman–Crippen LogP) is 2.46. The molecule has 1 aromatic carbocycles. The maximum Gasteiger partial charge on any atom is 0.270 e. The summed E-state index contributed by atoms with van der Waals surface area (Å²) in [6.07, 6.45) is 2.25. The first-order valence-corrected chi connectivity index (χ1v) is 7.11. The molecule has 0 radical (unpaired) electrons. The number of aliphatic hydroxyl groups excluding tert-OH is 1. The normalized spacial score (nSPS) is 22.4. The van der Waals surface area contributed by atoms with E-state index >= 15 is 0 Å². The number of likely N-dealkylation sites (N-methyl/N-ethyl adjacent to an activating group) is 1. The average molecular weight is 272 g/mol. The number of benzene rings is 1. The first-order chi connectivity index (χ1) is 9.56. The van der Waals surface area contributed by atoms with E-state index in [4.69, 9.17) is 0 Å². The summed E-state index contributed by atoms with van der Waals surface area (Å²) in [5.41, 5.74) is 2.74. The Kier molecular flexibility index (Phi) is 3.26. The number of rotatable bonds is 2. The highest BCUT2D eigenvalue weighted by atomic mass is 16.3. The van der Waals surface area contributed by atoms with Crippen molar-refractivity contribution in [2.75, 3.05) is 7.05 Å². The number of aryl methyl sites for hydroxylation is 1. The van der Waals surface area contributed by atoms with E-state index < -0.39 is 6.10 Å². The number of H-pyrrole nitrogens is 1. The molecule has 0 aliphatic heterocycles. The quantitative estimate of drug-likeness (QED) is 0.882. The van der Waals surface area contributed by atoms with Gasteiger partial charge in [-0.1, -0.05) is 12.1 Å². The number of aromatic nitrogens is 1. The summed E-state index contributed by atoms with van der Waals surface area (Å²) in [6, 6.07) is 7.92. The van der Waals surface area contributed by atoms with Gasteiger partial charge in [0.1, 0.15) is 5.69 Å². The lowest BCUT2D eigenvalue weighted by Gasteiger charge is -2.26. The second kappa shape index (κ2) is 4.94. The van der Waals surface area contributed by atoms with E-state index in [0.717, 1.165) is 35.7 Å². The summed E-state index contributed by atoms with van der Waals surface area (Å²) in [4.78, 5) is 17.4. The van der Waals surface area contributed by atoms with Crippen LogP contribution in [0.15, 0.2) is 24.3 Å². The minimum atomic E-state index is -0.393. The van der Waals surface area contributed by atoms with Crippen LogP contribution in [0.4, 0.5) is 0 Å². The molecule has 3 rings (SSSR count). The molecule has 0 saturated heterocycles. The van der Waals surface area contributed by atoms with Gasteiger partial charge >= 0.3 is 0 Å². The number of nitrogens with zero attached hydrogens (tertiary/aromatic N) is 1. The molecule has 2 aromatic rings. The van der Waals surface area contributed by atoms with Crippen LogP contribution >= 0.6 is 0 Å². The van der Waals surface area contributed by atoms with Crippen LogP contribution in [0.3, 0.4) is 0 Å². The van der Waals surface area contributed by atoms with E-state index in [-0.39, 0.29) is 11.9 Å². The van der Waals surface area contributed by atoms with Crippen LogP contribution in [0.5, 0.6) is 0 Å². The van der Waals surface area contributed by atoms with Crippen molar-refractivity contribution in [2.24, 2.45) is 0 Å². The van der Waals surface area contributed by atoms with E-state index in [1.165, 1.54) is 0 Å². The van der Waals surface area contributed by atoms with Gasteiger partial charge in [0.05, 0.1) is 12.1 Å². The van der Waals surface area contributed by atoms with Crippen LogP contribution < -0.4 is 0 Å². The predicted molar refractivity (Wildman–Crippen MR) is 78.8 cm³/mol. The zero-order chi connectivity index (χ0) is 14.3. The number of hydrogen-bond acceptors (Lipinski definition) is 2. The number of aliphatic hydroxyl groups is 1. The van der Waals surface area contributed by atoms with Crippen molar-refractivity contribution in [3.63, 3.8) is 0 Å². The monoisotopic (exact) mass is 272 g/mol. The Bertz CT molecular complexity index is 647. The first-order valence-electron chi connectivity index (χ1n) is 7.11. The number of hydrogen-bond donors (Lipinski definition) is 2. The van der Waals surface area contributed by atoms with Crippen molar-refractivity contribution in [3.8, 4) is 0 Å². The van der Waals surface area contributed by atoms with E-state index in [0.29, 0.717) is 5.69 Å². The molecule has 1 aromatic heterocycles. The highest BCUT2D eigenvalue weighted by Crippen LogP contribution is 2.25. The maximum absolute atomic E-state index is 12.5. The molecule has 1 aliphatic rings. The minimum absolute atomic E-state index is 0.0511. The molecule has 1 amide bonds. The molecule has 20 heavy (non-hydrogen) atoms. The molecule has 4 nitrogen and oxygen atoms in total. The number of aromatic amines is 1. The molecule has 0 spiro atoms. The molecule has 1 fully saturated rings. The molecule has 1 aliphatic carbocycles. The maximum atomic E-state index is 12.5. The molecule has 106 valence electrons. The second-order valence-electron chi connectivity index (χ2n) is 5.76. The van der Waals surface area contributed by atoms with Crippen molar-refractivity contribution in [3.05, 3.63) is 35.5 Å². The third kappa shape index (κ3) is 2.20. The van der Waals surface area contributed by atoms with Gasteiger partial charge in [-0.05, 0) is 43.9 Å². The molecule has 4 heteroatoms. The lowest BCUT2D eigenvalue weighted by Crippen LogP contribution is -2.41. The van der Waals surface area contributed by atoms with Crippen LogP contribution in [0.25, 0.3) is 10.9 Å². The number of nitrogens with one attached hydrogen (secondary N) is 1. The summed E-state index contributed by atoms with van der Waals surface area (Å²) in [7, 11) is 1.78. The first kappa shape index (κ1) is 13.2.